The van der Waals surface area contributed by atoms with E-state index in [4.69, 9.17) is 0 Å². The molecule has 176 valence electrons. The van der Waals surface area contributed by atoms with Crippen LogP contribution in [0.25, 0.3) is 56.0 Å². The number of hydrogen-bond donors (Lipinski definition) is 0. The standard InChI is InChI=1S/C33H24N4/c1-23-10-9-13-25(22-23)33-35-34-32(24-11-3-2-4-12-24)37(33)27-20-18-26(19-21-27)36-30-16-7-5-14-28(30)29-15-6-8-17-31(29)36/h2-22H,1H3. The average Bonchev–Trinajstić information content (AvgIpc) is 3.54. The predicted molar refractivity (Wildman–Crippen MR) is 151 cm³/mol. The topological polar surface area (TPSA) is 35.6 Å². The summed E-state index contributed by atoms with van der Waals surface area (Å²) < 4.78 is 4.49. The normalized spacial score (nSPS) is 11.4. The van der Waals surface area contributed by atoms with Crippen LogP contribution >= 0.6 is 0 Å². The minimum absolute atomic E-state index is 0.821. The van der Waals surface area contributed by atoms with Gasteiger partial charge < -0.3 is 4.57 Å². The maximum atomic E-state index is 4.64. The van der Waals surface area contributed by atoms with Gasteiger partial charge in [0.05, 0.1) is 11.0 Å². The van der Waals surface area contributed by atoms with Crippen LogP contribution in [0.4, 0.5) is 0 Å². The molecule has 0 radical (unpaired) electrons. The van der Waals surface area contributed by atoms with Crippen LogP contribution in [-0.4, -0.2) is 19.3 Å². The molecule has 7 aromatic rings. The van der Waals surface area contributed by atoms with Gasteiger partial charge in [-0.2, -0.15) is 0 Å². The number of fused-ring (bicyclic) bond motifs is 3. The van der Waals surface area contributed by atoms with Gasteiger partial charge >= 0.3 is 0 Å². The van der Waals surface area contributed by atoms with Crippen LogP contribution in [-0.2, 0) is 0 Å². The van der Waals surface area contributed by atoms with Crippen molar-refractivity contribution in [3.05, 3.63) is 133 Å². The quantitative estimate of drug-likeness (QED) is 0.258. The van der Waals surface area contributed by atoms with E-state index in [1.807, 2.05) is 18.2 Å². The number of hydrogen-bond acceptors (Lipinski definition) is 2. The molecule has 0 aliphatic rings. The maximum Gasteiger partial charge on any atom is 0.168 e. The van der Waals surface area contributed by atoms with Crippen LogP contribution in [0.5, 0.6) is 0 Å². The van der Waals surface area contributed by atoms with Gasteiger partial charge in [0, 0.05) is 33.3 Å². The Kier molecular flexibility index (Phi) is 4.96. The van der Waals surface area contributed by atoms with Gasteiger partial charge in [-0.05, 0) is 49.4 Å². The fraction of sp³-hybridized carbons (Fsp3) is 0.0303. The van der Waals surface area contributed by atoms with E-state index in [0.717, 1.165) is 34.2 Å². The van der Waals surface area contributed by atoms with Crippen LogP contribution in [0, 0.1) is 6.92 Å². The lowest BCUT2D eigenvalue weighted by Gasteiger charge is -2.13. The number of para-hydroxylation sites is 2. The van der Waals surface area contributed by atoms with Crippen molar-refractivity contribution in [3.8, 4) is 34.2 Å². The van der Waals surface area contributed by atoms with E-state index in [0.29, 0.717) is 0 Å². The first-order valence-corrected chi connectivity index (χ1v) is 12.4. The summed E-state index contributed by atoms with van der Waals surface area (Å²) in [6, 6.07) is 44.5. The average molecular weight is 477 g/mol. The van der Waals surface area contributed by atoms with E-state index in [9.17, 15) is 0 Å². The minimum atomic E-state index is 0.821. The highest BCUT2D eigenvalue weighted by Crippen LogP contribution is 2.33. The third-order valence-electron chi connectivity index (χ3n) is 6.92. The summed E-state index contributed by atoms with van der Waals surface area (Å²) in [6.45, 7) is 2.10. The summed E-state index contributed by atoms with van der Waals surface area (Å²) in [5, 5.41) is 11.8. The lowest BCUT2D eigenvalue weighted by Crippen LogP contribution is -2.01. The fourth-order valence-corrected chi connectivity index (χ4v) is 5.23. The molecular formula is C33H24N4. The Morgan fingerprint density at radius 2 is 0.973 bits per heavy atom. The Morgan fingerprint density at radius 3 is 1.59 bits per heavy atom. The summed E-state index contributed by atoms with van der Waals surface area (Å²) in [4.78, 5) is 0. The molecule has 37 heavy (non-hydrogen) atoms. The van der Waals surface area contributed by atoms with Gasteiger partial charge in [-0.1, -0.05) is 90.5 Å². The van der Waals surface area contributed by atoms with E-state index >= 15 is 0 Å². The number of rotatable bonds is 4. The Balaban J connectivity index is 1.42. The highest BCUT2D eigenvalue weighted by molar-refractivity contribution is 6.09. The molecule has 2 heterocycles. The zero-order valence-electron chi connectivity index (χ0n) is 20.4. The monoisotopic (exact) mass is 476 g/mol. The van der Waals surface area contributed by atoms with Crippen molar-refractivity contribution in [1.29, 1.82) is 0 Å². The maximum absolute atomic E-state index is 4.64. The van der Waals surface area contributed by atoms with Crippen molar-refractivity contribution in [1.82, 2.24) is 19.3 Å². The third-order valence-corrected chi connectivity index (χ3v) is 6.92. The second kappa shape index (κ2) is 8.61. The summed E-state index contributed by atoms with van der Waals surface area (Å²) in [6.07, 6.45) is 0. The SMILES string of the molecule is Cc1cccc(-c2nnc(-c3ccccc3)n2-c2ccc(-n3c4ccccc4c4ccccc43)cc2)c1. The van der Waals surface area contributed by atoms with Gasteiger partial charge in [-0.3, -0.25) is 4.57 Å². The molecular weight excluding hydrogens is 452 g/mol. The molecule has 4 heteroatoms. The smallest absolute Gasteiger partial charge is 0.168 e. The molecule has 7 rings (SSSR count). The van der Waals surface area contributed by atoms with Crippen molar-refractivity contribution in [2.45, 2.75) is 6.92 Å². The van der Waals surface area contributed by atoms with Crippen molar-refractivity contribution >= 4 is 21.8 Å². The molecule has 0 spiro atoms. The Bertz CT molecular complexity index is 1820. The third kappa shape index (κ3) is 3.54. The first kappa shape index (κ1) is 21.3. The zero-order valence-corrected chi connectivity index (χ0v) is 20.4. The van der Waals surface area contributed by atoms with Gasteiger partial charge in [0.25, 0.3) is 0 Å². The van der Waals surface area contributed by atoms with E-state index in [1.165, 1.54) is 27.4 Å². The molecule has 0 aliphatic heterocycles. The largest absolute Gasteiger partial charge is 0.309 e. The summed E-state index contributed by atoms with van der Waals surface area (Å²) in [5.74, 6) is 1.65. The first-order valence-electron chi connectivity index (χ1n) is 12.4. The van der Waals surface area contributed by atoms with Gasteiger partial charge in [-0.25, -0.2) is 0 Å². The summed E-state index contributed by atoms with van der Waals surface area (Å²) in [7, 11) is 0. The van der Waals surface area contributed by atoms with Gasteiger partial charge in [0.15, 0.2) is 11.6 Å². The second-order valence-corrected chi connectivity index (χ2v) is 9.30. The number of nitrogens with zero attached hydrogens (tertiary/aromatic N) is 4. The second-order valence-electron chi connectivity index (χ2n) is 9.30. The van der Waals surface area contributed by atoms with Crippen molar-refractivity contribution < 1.29 is 0 Å². The summed E-state index contributed by atoms with van der Waals surface area (Å²) in [5.41, 5.74) is 7.80. The summed E-state index contributed by atoms with van der Waals surface area (Å²) >= 11 is 0. The first-order chi connectivity index (χ1) is 18.3. The molecule has 0 saturated heterocycles. The molecule has 0 amide bonds. The predicted octanol–water partition coefficient (Wildman–Crippen LogP) is 8.01. The zero-order chi connectivity index (χ0) is 24.8. The van der Waals surface area contributed by atoms with Crippen LogP contribution < -0.4 is 0 Å². The molecule has 0 unspecified atom stereocenters. The number of aryl methyl sites for hydroxylation is 1. The number of aromatic nitrogens is 4. The molecule has 0 fully saturated rings. The van der Waals surface area contributed by atoms with Crippen molar-refractivity contribution in [2.24, 2.45) is 0 Å². The van der Waals surface area contributed by atoms with E-state index < -0.39 is 0 Å². The molecule has 4 nitrogen and oxygen atoms in total. The molecule has 0 saturated carbocycles. The lowest BCUT2D eigenvalue weighted by molar-refractivity contribution is 1.07. The Labute approximate surface area is 215 Å². The molecule has 0 bridgehead atoms. The van der Waals surface area contributed by atoms with Crippen molar-refractivity contribution in [2.75, 3.05) is 0 Å². The molecule has 0 aliphatic carbocycles. The Morgan fingerprint density at radius 1 is 0.459 bits per heavy atom. The van der Waals surface area contributed by atoms with E-state index in [2.05, 4.69) is 135 Å². The Hall–Kier alpha value is -4.96. The van der Waals surface area contributed by atoms with Crippen molar-refractivity contribution in [3.63, 3.8) is 0 Å². The number of benzene rings is 5. The molecule has 0 atom stereocenters. The lowest BCUT2D eigenvalue weighted by atomic mass is 10.1. The van der Waals surface area contributed by atoms with Gasteiger partial charge in [0.2, 0.25) is 0 Å². The highest BCUT2D eigenvalue weighted by atomic mass is 15.3. The van der Waals surface area contributed by atoms with Crippen LogP contribution in [0.15, 0.2) is 127 Å². The van der Waals surface area contributed by atoms with Gasteiger partial charge in [-0.15, -0.1) is 10.2 Å². The fourth-order valence-electron chi connectivity index (χ4n) is 5.23. The van der Waals surface area contributed by atoms with E-state index in [1.54, 1.807) is 0 Å². The highest BCUT2D eigenvalue weighted by Gasteiger charge is 2.18. The molecule has 2 aromatic heterocycles. The van der Waals surface area contributed by atoms with Gasteiger partial charge in [0.1, 0.15) is 0 Å². The molecule has 0 N–H and O–H groups in total. The minimum Gasteiger partial charge on any atom is -0.309 e. The molecule has 5 aromatic carbocycles. The van der Waals surface area contributed by atoms with Crippen LogP contribution in [0.3, 0.4) is 0 Å². The van der Waals surface area contributed by atoms with E-state index in [-0.39, 0.29) is 0 Å². The van der Waals surface area contributed by atoms with Crippen LogP contribution in [0.2, 0.25) is 0 Å². The van der Waals surface area contributed by atoms with Crippen LogP contribution in [0.1, 0.15) is 5.56 Å².